The van der Waals surface area contributed by atoms with Crippen LogP contribution in [0.5, 0.6) is 0 Å². The molecule has 0 spiro atoms. The van der Waals surface area contributed by atoms with Crippen molar-refractivity contribution in [2.75, 3.05) is 6.26 Å². The van der Waals surface area contributed by atoms with E-state index in [-0.39, 0.29) is 0 Å². The van der Waals surface area contributed by atoms with Gasteiger partial charge in [0, 0.05) is 30.7 Å². The Balaban J connectivity index is 2.76. The number of fused-ring (bicyclic) bond motifs is 1. The van der Waals surface area contributed by atoms with Gasteiger partial charge in [0.1, 0.15) is 0 Å². The van der Waals surface area contributed by atoms with Crippen LogP contribution >= 0.6 is 50.6 Å². The van der Waals surface area contributed by atoms with Gasteiger partial charge in [0.2, 0.25) is 0 Å². The summed E-state index contributed by atoms with van der Waals surface area (Å²) in [4.78, 5) is 1.33. The van der Waals surface area contributed by atoms with Gasteiger partial charge in [-0.25, -0.2) is 0 Å². The Kier molecular flexibility index (Phi) is 3.42. The lowest BCUT2D eigenvalue weighted by Gasteiger charge is -2.00. The molecule has 0 amide bonds. The van der Waals surface area contributed by atoms with Crippen LogP contribution in [0.2, 0.25) is 0 Å². The van der Waals surface area contributed by atoms with E-state index in [2.05, 4.69) is 39.7 Å². The Morgan fingerprint density at radius 3 is 2.93 bits per heavy atom. The molecule has 0 atom stereocenters. The third-order valence-corrected chi connectivity index (χ3v) is 4.79. The number of hydrogen-bond acceptors (Lipinski definition) is 2. The van der Waals surface area contributed by atoms with E-state index in [0.29, 0.717) is 5.88 Å². The van der Waals surface area contributed by atoms with Crippen molar-refractivity contribution in [3.8, 4) is 0 Å². The van der Waals surface area contributed by atoms with Crippen molar-refractivity contribution >= 4 is 60.7 Å². The van der Waals surface area contributed by atoms with Gasteiger partial charge >= 0.3 is 0 Å². The van der Waals surface area contributed by atoms with Crippen LogP contribution in [0.1, 0.15) is 5.56 Å². The van der Waals surface area contributed by atoms with Crippen molar-refractivity contribution in [2.45, 2.75) is 10.8 Å². The first-order valence-corrected chi connectivity index (χ1v) is 7.49. The smallest absolute Gasteiger partial charge is 0.0488 e. The zero-order valence-corrected chi connectivity index (χ0v) is 11.5. The van der Waals surface area contributed by atoms with Crippen LogP contribution in [0.4, 0.5) is 0 Å². The summed E-state index contributed by atoms with van der Waals surface area (Å²) in [5.74, 6) is 0.574. The standard InChI is InChI=1S/C10H8BrClS2/c1-13-9-5-14-10-6(4-12)2-7(11)3-8(9)10/h2-3,5H,4H2,1H3. The van der Waals surface area contributed by atoms with Gasteiger partial charge < -0.3 is 0 Å². The SMILES string of the molecule is CSc1csc2c(CCl)cc(Br)cc12. The van der Waals surface area contributed by atoms with E-state index >= 15 is 0 Å². The molecule has 0 aliphatic heterocycles. The first-order valence-electron chi connectivity index (χ1n) is 4.06. The second kappa shape index (κ2) is 4.44. The van der Waals surface area contributed by atoms with Crippen molar-refractivity contribution in [3.63, 3.8) is 0 Å². The summed E-state index contributed by atoms with van der Waals surface area (Å²) in [6.45, 7) is 0. The molecule has 0 nitrogen and oxygen atoms in total. The van der Waals surface area contributed by atoms with E-state index < -0.39 is 0 Å². The van der Waals surface area contributed by atoms with E-state index in [0.717, 1.165) is 4.47 Å². The van der Waals surface area contributed by atoms with Crippen LogP contribution in [0, 0.1) is 0 Å². The molecule has 1 aromatic heterocycles. The number of thiophene rings is 1. The molecular formula is C10H8BrClS2. The van der Waals surface area contributed by atoms with Crippen molar-refractivity contribution in [1.29, 1.82) is 0 Å². The fraction of sp³-hybridized carbons (Fsp3) is 0.200. The predicted octanol–water partition coefficient (Wildman–Crippen LogP) is 5.12. The van der Waals surface area contributed by atoms with Gasteiger partial charge in [-0.05, 0) is 24.0 Å². The molecule has 0 bridgehead atoms. The highest BCUT2D eigenvalue weighted by atomic mass is 79.9. The second-order valence-electron chi connectivity index (χ2n) is 2.88. The predicted molar refractivity (Wildman–Crippen MR) is 70.9 cm³/mol. The molecule has 0 aliphatic carbocycles. The maximum atomic E-state index is 5.91. The molecule has 74 valence electrons. The number of thioether (sulfide) groups is 1. The van der Waals surface area contributed by atoms with Crippen LogP contribution in [0.15, 0.2) is 26.9 Å². The van der Waals surface area contributed by atoms with E-state index in [1.54, 1.807) is 23.1 Å². The molecule has 0 aliphatic rings. The number of rotatable bonds is 2. The van der Waals surface area contributed by atoms with E-state index in [9.17, 15) is 0 Å². The van der Waals surface area contributed by atoms with Gasteiger partial charge in [-0.15, -0.1) is 34.7 Å². The average molecular weight is 308 g/mol. The molecule has 0 saturated heterocycles. The molecule has 0 unspecified atom stereocenters. The summed E-state index contributed by atoms with van der Waals surface area (Å²) in [6.07, 6.45) is 2.10. The van der Waals surface area contributed by atoms with Crippen LogP contribution in [0.3, 0.4) is 0 Å². The Labute approximate surface area is 105 Å². The molecule has 0 fully saturated rings. The van der Waals surface area contributed by atoms with Gasteiger partial charge in [0.15, 0.2) is 0 Å². The number of halogens is 2. The molecule has 4 heteroatoms. The summed E-state index contributed by atoms with van der Waals surface area (Å²) in [6, 6.07) is 4.25. The molecule has 14 heavy (non-hydrogen) atoms. The lowest BCUT2D eigenvalue weighted by Crippen LogP contribution is -1.78. The van der Waals surface area contributed by atoms with Crippen LogP contribution in [-0.4, -0.2) is 6.26 Å². The van der Waals surface area contributed by atoms with Crippen LogP contribution in [0.25, 0.3) is 10.1 Å². The van der Waals surface area contributed by atoms with Gasteiger partial charge in [-0.2, -0.15) is 0 Å². The van der Waals surface area contributed by atoms with Crippen LogP contribution < -0.4 is 0 Å². The fourth-order valence-corrected chi connectivity index (χ4v) is 4.11. The van der Waals surface area contributed by atoms with Crippen molar-refractivity contribution < 1.29 is 0 Å². The number of alkyl halides is 1. The van der Waals surface area contributed by atoms with E-state index in [4.69, 9.17) is 11.6 Å². The van der Waals surface area contributed by atoms with Gasteiger partial charge in [-0.1, -0.05) is 15.9 Å². The summed E-state index contributed by atoms with van der Waals surface area (Å²) >= 11 is 13.0. The molecule has 0 N–H and O–H groups in total. The number of benzene rings is 1. The van der Waals surface area contributed by atoms with Crippen molar-refractivity contribution in [1.82, 2.24) is 0 Å². The number of hydrogen-bond donors (Lipinski definition) is 0. The lowest BCUT2D eigenvalue weighted by molar-refractivity contribution is 1.45. The molecule has 1 aromatic carbocycles. The Morgan fingerprint density at radius 1 is 1.50 bits per heavy atom. The summed E-state index contributed by atoms with van der Waals surface area (Å²) in [7, 11) is 0. The highest BCUT2D eigenvalue weighted by Crippen LogP contribution is 2.36. The highest BCUT2D eigenvalue weighted by Gasteiger charge is 2.08. The maximum Gasteiger partial charge on any atom is 0.0488 e. The largest absolute Gasteiger partial charge is 0.142 e. The maximum absolute atomic E-state index is 5.91. The summed E-state index contributed by atoms with van der Waals surface area (Å²) < 4.78 is 2.42. The van der Waals surface area contributed by atoms with Gasteiger partial charge in [0.05, 0.1) is 0 Å². The summed E-state index contributed by atoms with van der Waals surface area (Å²) in [5.41, 5.74) is 1.21. The molecular weight excluding hydrogens is 300 g/mol. The third-order valence-electron chi connectivity index (χ3n) is 2.04. The first-order chi connectivity index (χ1) is 6.76. The summed E-state index contributed by atoms with van der Waals surface area (Å²) in [5, 5.41) is 3.50. The molecule has 0 saturated carbocycles. The molecule has 2 aromatic rings. The Bertz CT molecular complexity index is 464. The lowest BCUT2D eigenvalue weighted by atomic mass is 10.2. The highest BCUT2D eigenvalue weighted by molar-refractivity contribution is 9.10. The monoisotopic (exact) mass is 306 g/mol. The normalized spacial score (nSPS) is 11.1. The van der Waals surface area contributed by atoms with E-state index in [1.807, 2.05) is 0 Å². The third kappa shape index (κ3) is 1.83. The minimum Gasteiger partial charge on any atom is -0.142 e. The van der Waals surface area contributed by atoms with E-state index in [1.165, 1.54) is 20.5 Å². The topological polar surface area (TPSA) is 0 Å². The molecule has 0 radical (unpaired) electrons. The zero-order valence-electron chi connectivity index (χ0n) is 7.51. The quantitative estimate of drug-likeness (QED) is 0.548. The zero-order chi connectivity index (χ0) is 10.1. The second-order valence-corrected chi connectivity index (χ2v) is 5.79. The fourth-order valence-electron chi connectivity index (χ4n) is 1.41. The average Bonchev–Trinajstić information content (AvgIpc) is 2.59. The molecule has 2 rings (SSSR count). The minimum atomic E-state index is 0.574. The van der Waals surface area contributed by atoms with Gasteiger partial charge in [-0.3, -0.25) is 0 Å². The molecule has 1 heterocycles. The van der Waals surface area contributed by atoms with Crippen molar-refractivity contribution in [2.24, 2.45) is 0 Å². The van der Waals surface area contributed by atoms with Gasteiger partial charge in [0.25, 0.3) is 0 Å². The van der Waals surface area contributed by atoms with Crippen LogP contribution in [-0.2, 0) is 5.88 Å². The first kappa shape index (κ1) is 10.8. The minimum absolute atomic E-state index is 0.574. The Morgan fingerprint density at radius 2 is 2.29 bits per heavy atom. The van der Waals surface area contributed by atoms with Crippen molar-refractivity contribution in [3.05, 3.63) is 27.5 Å². The Hall–Kier alpha value is 0.300.